The molecule has 0 aromatic carbocycles. The van der Waals surface area contributed by atoms with Crippen LogP contribution in [0.4, 0.5) is 0 Å². The van der Waals surface area contributed by atoms with Crippen molar-refractivity contribution in [2.75, 3.05) is 13.7 Å². The van der Waals surface area contributed by atoms with Gasteiger partial charge in [0.15, 0.2) is 6.29 Å². The smallest absolute Gasteiger partial charge is 0.308 e. The number of rotatable bonds is 9. The second-order valence-corrected chi connectivity index (χ2v) is 5.73. The van der Waals surface area contributed by atoms with Crippen LogP contribution in [0.15, 0.2) is 0 Å². The summed E-state index contributed by atoms with van der Waals surface area (Å²) in [6.45, 7) is 1.52. The standard InChI is InChI=1S/C15H28O8/c1-3-4-5-6-9(7-11(17)21-2)22-15-14(20)13(19)12(18)10(8-16)23-15/h9-10,12-16,18-20H,3-8H2,1-2H3/t9-,10-,12-,13+,14-,15-/m1/s1. The van der Waals surface area contributed by atoms with Crippen LogP contribution in [0.3, 0.4) is 0 Å². The van der Waals surface area contributed by atoms with Crippen LogP contribution in [0.1, 0.15) is 39.0 Å². The lowest BCUT2D eigenvalue weighted by atomic mass is 9.99. The van der Waals surface area contributed by atoms with Crippen molar-refractivity contribution in [1.29, 1.82) is 0 Å². The highest BCUT2D eigenvalue weighted by atomic mass is 16.7. The van der Waals surface area contributed by atoms with E-state index >= 15 is 0 Å². The quantitative estimate of drug-likeness (QED) is 0.322. The molecular formula is C15H28O8. The van der Waals surface area contributed by atoms with Gasteiger partial charge in [-0.3, -0.25) is 4.79 Å². The van der Waals surface area contributed by atoms with E-state index in [2.05, 4.69) is 4.74 Å². The first-order valence-corrected chi connectivity index (χ1v) is 7.97. The molecule has 8 heteroatoms. The van der Waals surface area contributed by atoms with Gasteiger partial charge in [-0.2, -0.15) is 0 Å². The van der Waals surface area contributed by atoms with Crippen LogP contribution in [0, 0.1) is 0 Å². The summed E-state index contributed by atoms with van der Waals surface area (Å²) in [7, 11) is 1.28. The van der Waals surface area contributed by atoms with Gasteiger partial charge < -0.3 is 34.6 Å². The molecule has 1 heterocycles. The summed E-state index contributed by atoms with van der Waals surface area (Å²) in [5.41, 5.74) is 0. The van der Waals surface area contributed by atoms with Crippen molar-refractivity contribution in [1.82, 2.24) is 0 Å². The average molecular weight is 336 g/mol. The Hall–Kier alpha value is -0.770. The van der Waals surface area contributed by atoms with E-state index in [9.17, 15) is 20.1 Å². The van der Waals surface area contributed by atoms with Gasteiger partial charge in [0.25, 0.3) is 0 Å². The second kappa shape index (κ2) is 10.2. The Balaban J connectivity index is 2.69. The highest BCUT2D eigenvalue weighted by molar-refractivity contribution is 5.69. The van der Waals surface area contributed by atoms with Gasteiger partial charge in [0, 0.05) is 0 Å². The molecule has 0 unspecified atom stereocenters. The van der Waals surface area contributed by atoms with Crippen LogP contribution in [-0.4, -0.2) is 76.9 Å². The van der Waals surface area contributed by atoms with Gasteiger partial charge >= 0.3 is 5.97 Å². The molecule has 0 spiro atoms. The number of aliphatic hydroxyl groups is 4. The van der Waals surface area contributed by atoms with Crippen LogP contribution in [0.5, 0.6) is 0 Å². The summed E-state index contributed by atoms with van der Waals surface area (Å²) >= 11 is 0. The summed E-state index contributed by atoms with van der Waals surface area (Å²) in [6.07, 6.45) is -3.86. The number of carbonyl (C=O) groups is 1. The molecule has 23 heavy (non-hydrogen) atoms. The summed E-state index contributed by atoms with van der Waals surface area (Å²) in [5.74, 6) is -0.448. The van der Waals surface area contributed by atoms with E-state index in [1.165, 1.54) is 7.11 Å². The lowest BCUT2D eigenvalue weighted by molar-refractivity contribution is -0.311. The molecule has 4 N–H and O–H groups in total. The highest BCUT2D eigenvalue weighted by Crippen LogP contribution is 2.25. The normalized spacial score (nSPS) is 32.5. The summed E-state index contributed by atoms with van der Waals surface area (Å²) in [5, 5.41) is 38.6. The fraction of sp³-hybridized carbons (Fsp3) is 0.933. The third-order valence-electron chi connectivity index (χ3n) is 3.93. The van der Waals surface area contributed by atoms with Gasteiger partial charge in [0.05, 0.1) is 26.2 Å². The summed E-state index contributed by atoms with van der Waals surface area (Å²) in [6, 6.07) is 0. The molecule has 0 aromatic rings. The van der Waals surface area contributed by atoms with Crippen LogP contribution >= 0.6 is 0 Å². The number of hydrogen-bond acceptors (Lipinski definition) is 8. The van der Waals surface area contributed by atoms with Crippen molar-refractivity contribution in [2.45, 2.75) is 75.8 Å². The molecule has 136 valence electrons. The van der Waals surface area contributed by atoms with E-state index in [4.69, 9.17) is 14.6 Å². The Bertz CT molecular complexity index is 348. The number of hydrogen-bond donors (Lipinski definition) is 4. The molecule has 8 nitrogen and oxygen atoms in total. The third kappa shape index (κ3) is 5.98. The first kappa shape index (κ1) is 20.3. The maximum absolute atomic E-state index is 11.5. The molecule has 1 fully saturated rings. The van der Waals surface area contributed by atoms with Gasteiger partial charge in [-0.25, -0.2) is 0 Å². The van der Waals surface area contributed by atoms with Gasteiger partial charge in [0.1, 0.15) is 24.4 Å². The van der Waals surface area contributed by atoms with Crippen LogP contribution in [-0.2, 0) is 19.0 Å². The fourth-order valence-corrected chi connectivity index (χ4v) is 2.48. The van der Waals surface area contributed by atoms with Crippen LogP contribution in [0.25, 0.3) is 0 Å². The average Bonchev–Trinajstić information content (AvgIpc) is 2.55. The Morgan fingerprint density at radius 3 is 2.43 bits per heavy atom. The van der Waals surface area contributed by atoms with Gasteiger partial charge in [-0.05, 0) is 6.42 Å². The molecule has 6 atom stereocenters. The first-order valence-electron chi connectivity index (χ1n) is 7.97. The topological polar surface area (TPSA) is 126 Å². The zero-order valence-corrected chi connectivity index (χ0v) is 13.6. The minimum atomic E-state index is -1.50. The molecule has 1 aliphatic rings. The van der Waals surface area contributed by atoms with E-state index < -0.39 is 49.4 Å². The maximum atomic E-state index is 11.5. The van der Waals surface area contributed by atoms with Gasteiger partial charge in [-0.1, -0.05) is 26.2 Å². The van der Waals surface area contributed by atoms with Crippen molar-refractivity contribution in [2.24, 2.45) is 0 Å². The number of carbonyl (C=O) groups excluding carboxylic acids is 1. The number of ether oxygens (including phenoxy) is 3. The molecule has 0 radical (unpaired) electrons. The zero-order chi connectivity index (χ0) is 17.4. The Kier molecular flexibility index (Phi) is 8.96. The van der Waals surface area contributed by atoms with Crippen LogP contribution < -0.4 is 0 Å². The minimum absolute atomic E-state index is 0.00473. The summed E-state index contributed by atoms with van der Waals surface area (Å²) < 4.78 is 15.5. The van der Waals surface area contributed by atoms with Gasteiger partial charge in [0.2, 0.25) is 0 Å². The van der Waals surface area contributed by atoms with E-state index in [0.29, 0.717) is 6.42 Å². The van der Waals surface area contributed by atoms with Crippen molar-refractivity contribution in [3.8, 4) is 0 Å². The fourth-order valence-electron chi connectivity index (χ4n) is 2.48. The number of methoxy groups -OCH3 is 1. The molecule has 0 aliphatic carbocycles. The Labute approximate surface area is 136 Å². The van der Waals surface area contributed by atoms with Gasteiger partial charge in [-0.15, -0.1) is 0 Å². The second-order valence-electron chi connectivity index (χ2n) is 5.73. The molecule has 0 amide bonds. The Morgan fingerprint density at radius 2 is 1.87 bits per heavy atom. The summed E-state index contributed by atoms with van der Waals surface area (Å²) in [4.78, 5) is 11.5. The van der Waals surface area contributed by atoms with E-state index in [0.717, 1.165) is 19.3 Å². The van der Waals surface area contributed by atoms with Crippen molar-refractivity contribution in [3.05, 3.63) is 0 Å². The molecule has 0 bridgehead atoms. The molecule has 1 saturated heterocycles. The third-order valence-corrected chi connectivity index (χ3v) is 3.93. The monoisotopic (exact) mass is 336 g/mol. The predicted molar refractivity (Wildman–Crippen MR) is 79.4 cm³/mol. The van der Waals surface area contributed by atoms with Crippen LogP contribution in [0.2, 0.25) is 0 Å². The maximum Gasteiger partial charge on any atom is 0.308 e. The molecule has 1 rings (SSSR count). The van der Waals surface area contributed by atoms with Crippen molar-refractivity contribution < 1.29 is 39.4 Å². The first-order chi connectivity index (χ1) is 10.9. The zero-order valence-electron chi connectivity index (χ0n) is 13.6. The highest BCUT2D eigenvalue weighted by Gasteiger charge is 2.44. The lowest BCUT2D eigenvalue weighted by Gasteiger charge is -2.40. The van der Waals surface area contributed by atoms with E-state index in [1.54, 1.807) is 0 Å². The lowest BCUT2D eigenvalue weighted by Crippen LogP contribution is -2.59. The largest absolute Gasteiger partial charge is 0.469 e. The predicted octanol–water partition coefficient (Wildman–Crippen LogP) is -0.685. The van der Waals surface area contributed by atoms with E-state index in [-0.39, 0.29) is 6.42 Å². The van der Waals surface area contributed by atoms with Crippen molar-refractivity contribution in [3.63, 3.8) is 0 Å². The molecule has 0 saturated carbocycles. The molecule has 1 aliphatic heterocycles. The number of unbranched alkanes of at least 4 members (excludes halogenated alkanes) is 2. The number of aliphatic hydroxyl groups excluding tert-OH is 4. The van der Waals surface area contributed by atoms with Crippen molar-refractivity contribution >= 4 is 5.97 Å². The number of esters is 1. The Morgan fingerprint density at radius 1 is 1.17 bits per heavy atom. The SMILES string of the molecule is CCCCC[C@H](CC(=O)OC)O[C@@H]1O[C@H](CO)[C@@H](O)[C@H](O)[C@H]1O. The molecular weight excluding hydrogens is 308 g/mol. The minimum Gasteiger partial charge on any atom is -0.469 e. The molecule has 0 aromatic heterocycles. The van der Waals surface area contributed by atoms with E-state index in [1.807, 2.05) is 6.92 Å².